The summed E-state index contributed by atoms with van der Waals surface area (Å²) in [6.45, 7) is 5.13. The van der Waals surface area contributed by atoms with Gasteiger partial charge in [-0.2, -0.15) is 0 Å². The molecule has 4 nitrogen and oxygen atoms in total. The summed E-state index contributed by atoms with van der Waals surface area (Å²) in [7, 11) is 0. The zero-order valence-corrected chi connectivity index (χ0v) is 18.2. The third kappa shape index (κ3) is 3.62. The normalized spacial score (nSPS) is 22.4. The van der Waals surface area contributed by atoms with Crippen LogP contribution in [0.2, 0.25) is 0 Å². The van der Waals surface area contributed by atoms with Gasteiger partial charge in [-0.25, -0.2) is 13.6 Å². The zero-order valence-electron chi connectivity index (χ0n) is 18.2. The van der Waals surface area contributed by atoms with Crippen LogP contribution in [0.3, 0.4) is 0 Å². The van der Waals surface area contributed by atoms with Crippen molar-refractivity contribution in [2.75, 3.05) is 6.54 Å². The summed E-state index contributed by atoms with van der Waals surface area (Å²) in [6.07, 6.45) is 5.14. The molecule has 2 aliphatic rings. The summed E-state index contributed by atoms with van der Waals surface area (Å²) in [5, 5.41) is 9.94. The van der Waals surface area contributed by atoms with E-state index in [2.05, 4.69) is 29.8 Å². The Morgan fingerprint density at radius 3 is 2.59 bits per heavy atom. The quantitative estimate of drug-likeness (QED) is 0.506. The van der Waals surface area contributed by atoms with Crippen molar-refractivity contribution in [2.45, 2.75) is 45.2 Å². The molecule has 166 valence electrons. The van der Waals surface area contributed by atoms with Gasteiger partial charge in [-0.05, 0) is 67.0 Å². The number of H-pyrrole nitrogens is 1. The summed E-state index contributed by atoms with van der Waals surface area (Å²) in [6, 6.07) is 9.97. The van der Waals surface area contributed by atoms with Crippen LogP contribution in [0.25, 0.3) is 17.0 Å². The third-order valence-electron chi connectivity index (χ3n) is 6.98. The van der Waals surface area contributed by atoms with Gasteiger partial charge in [0.05, 0.1) is 6.04 Å². The molecule has 5 rings (SSSR count). The van der Waals surface area contributed by atoms with Crippen LogP contribution in [-0.2, 0) is 11.2 Å². The Morgan fingerprint density at radius 1 is 1.25 bits per heavy atom. The molecule has 2 N–H and O–H groups in total. The molecule has 1 aliphatic heterocycles. The molecular weight excluding hydrogens is 410 g/mol. The van der Waals surface area contributed by atoms with E-state index in [0.29, 0.717) is 0 Å². The number of benzene rings is 2. The summed E-state index contributed by atoms with van der Waals surface area (Å²) >= 11 is 0. The first-order valence-corrected chi connectivity index (χ1v) is 11.0. The summed E-state index contributed by atoms with van der Waals surface area (Å²) in [4.78, 5) is 16.5. The molecule has 32 heavy (non-hydrogen) atoms. The minimum atomic E-state index is -1.16. The van der Waals surface area contributed by atoms with E-state index in [1.54, 1.807) is 0 Å². The first-order chi connectivity index (χ1) is 15.3. The Kier molecular flexibility index (Phi) is 4.93. The minimum absolute atomic E-state index is 0.0149. The minimum Gasteiger partial charge on any atom is -0.478 e. The van der Waals surface area contributed by atoms with Crippen molar-refractivity contribution in [1.29, 1.82) is 0 Å². The molecular formula is C26H26F2N2O2. The molecule has 0 saturated heterocycles. The highest BCUT2D eigenvalue weighted by molar-refractivity contribution is 5.86. The van der Waals surface area contributed by atoms with E-state index in [4.69, 9.17) is 5.11 Å². The van der Waals surface area contributed by atoms with Crippen molar-refractivity contribution in [3.63, 3.8) is 0 Å². The average molecular weight is 437 g/mol. The van der Waals surface area contributed by atoms with Gasteiger partial charge in [0.25, 0.3) is 0 Å². The first-order valence-electron chi connectivity index (χ1n) is 11.0. The van der Waals surface area contributed by atoms with Crippen LogP contribution < -0.4 is 0 Å². The largest absolute Gasteiger partial charge is 0.478 e. The van der Waals surface area contributed by atoms with Gasteiger partial charge < -0.3 is 10.1 Å². The predicted molar refractivity (Wildman–Crippen MR) is 120 cm³/mol. The molecule has 1 aliphatic carbocycles. The number of para-hydroxylation sites is 1. The van der Waals surface area contributed by atoms with Crippen molar-refractivity contribution < 1.29 is 18.7 Å². The molecule has 0 bridgehead atoms. The second kappa shape index (κ2) is 7.55. The Labute approximate surface area is 185 Å². The molecule has 3 aromatic rings. The number of aromatic nitrogens is 1. The molecule has 2 aromatic carbocycles. The van der Waals surface area contributed by atoms with E-state index in [0.717, 1.165) is 54.0 Å². The summed E-state index contributed by atoms with van der Waals surface area (Å²) < 4.78 is 30.9. The van der Waals surface area contributed by atoms with E-state index in [1.165, 1.54) is 18.2 Å². The van der Waals surface area contributed by atoms with E-state index >= 15 is 8.78 Å². The number of nitrogens with one attached hydrogen (secondary N) is 1. The van der Waals surface area contributed by atoms with Crippen LogP contribution in [0.4, 0.5) is 8.78 Å². The molecule has 6 heteroatoms. The lowest BCUT2D eigenvalue weighted by Gasteiger charge is -2.42. The lowest BCUT2D eigenvalue weighted by atomic mass is 9.86. The topological polar surface area (TPSA) is 56.3 Å². The lowest BCUT2D eigenvalue weighted by Crippen LogP contribution is -2.45. The Hall–Kier alpha value is -2.99. The molecule has 0 radical (unpaired) electrons. The number of carboxylic acids is 1. The highest BCUT2D eigenvalue weighted by atomic mass is 19.1. The SMILES string of the molecule is CC1Cc2c([nH]c3ccccc23)C(c2c(F)cc(/C=C/C(=O)O)cc2F)N1CC1(C)CC1. The molecule has 2 unspecified atom stereocenters. The number of hydrogen-bond donors (Lipinski definition) is 2. The van der Waals surface area contributed by atoms with E-state index < -0.39 is 23.6 Å². The van der Waals surface area contributed by atoms with E-state index in [9.17, 15) is 4.79 Å². The fourth-order valence-corrected chi connectivity index (χ4v) is 5.01. The fourth-order valence-electron chi connectivity index (χ4n) is 5.01. The Bertz CT molecular complexity index is 1220. The Morgan fingerprint density at radius 2 is 1.94 bits per heavy atom. The van der Waals surface area contributed by atoms with Crippen LogP contribution in [0.1, 0.15) is 55.1 Å². The highest BCUT2D eigenvalue weighted by Crippen LogP contribution is 2.50. The van der Waals surface area contributed by atoms with Gasteiger partial charge in [0.2, 0.25) is 0 Å². The summed E-state index contributed by atoms with van der Waals surface area (Å²) in [5.41, 5.74) is 3.31. The number of carbonyl (C=O) groups is 1. The van der Waals surface area contributed by atoms with Crippen molar-refractivity contribution in [2.24, 2.45) is 5.41 Å². The molecule has 2 atom stereocenters. The number of halogens is 2. The number of carboxylic acid groups (broad SMARTS) is 1. The lowest BCUT2D eigenvalue weighted by molar-refractivity contribution is -0.131. The maximum atomic E-state index is 15.5. The Balaban J connectivity index is 1.68. The van der Waals surface area contributed by atoms with Crippen molar-refractivity contribution in [3.8, 4) is 0 Å². The van der Waals surface area contributed by atoms with Gasteiger partial charge in [-0.15, -0.1) is 0 Å². The molecule has 1 fully saturated rings. The zero-order chi connectivity index (χ0) is 22.6. The van der Waals surface area contributed by atoms with Crippen molar-refractivity contribution in [3.05, 3.63) is 76.5 Å². The molecule has 1 aromatic heterocycles. The number of aliphatic carboxylic acids is 1. The second-order valence-corrected chi connectivity index (χ2v) is 9.57. The van der Waals surface area contributed by atoms with Crippen LogP contribution in [0.5, 0.6) is 0 Å². The average Bonchev–Trinajstić information content (AvgIpc) is 3.35. The van der Waals surface area contributed by atoms with Gasteiger partial charge >= 0.3 is 5.97 Å². The molecule has 1 saturated carbocycles. The predicted octanol–water partition coefficient (Wildman–Crippen LogP) is 5.68. The number of hydrogen-bond acceptors (Lipinski definition) is 2. The number of rotatable bonds is 5. The third-order valence-corrected chi connectivity index (χ3v) is 6.98. The number of nitrogens with zero attached hydrogens (tertiary/aromatic N) is 1. The maximum absolute atomic E-state index is 15.5. The highest BCUT2D eigenvalue weighted by Gasteiger charge is 2.45. The fraction of sp³-hybridized carbons (Fsp3) is 0.346. The van der Waals surface area contributed by atoms with E-state index in [-0.39, 0.29) is 22.6 Å². The smallest absolute Gasteiger partial charge is 0.328 e. The molecule has 2 heterocycles. The summed E-state index contributed by atoms with van der Waals surface area (Å²) in [5.74, 6) is -2.49. The van der Waals surface area contributed by atoms with E-state index in [1.807, 2.05) is 18.2 Å². The molecule has 0 spiro atoms. The van der Waals surface area contributed by atoms with Gasteiger partial charge in [0.1, 0.15) is 11.6 Å². The van der Waals surface area contributed by atoms with Crippen molar-refractivity contribution >= 4 is 22.9 Å². The second-order valence-electron chi connectivity index (χ2n) is 9.57. The molecule has 0 amide bonds. The first kappa shape index (κ1) is 20.9. The van der Waals surface area contributed by atoms with Gasteiger partial charge in [0, 0.05) is 40.8 Å². The standard InChI is InChI=1S/C26H26F2N2O2/c1-15-11-18-17-5-3-4-6-21(17)29-24(18)25(30(15)14-26(2)9-10-26)23-19(27)12-16(13-20(23)28)7-8-22(31)32/h3-8,12-13,15,25,29H,9-11,14H2,1-2H3,(H,31,32)/b8-7+. The van der Waals surface area contributed by atoms with Crippen LogP contribution in [0, 0.1) is 17.0 Å². The van der Waals surface area contributed by atoms with Gasteiger partial charge in [-0.3, -0.25) is 4.90 Å². The maximum Gasteiger partial charge on any atom is 0.328 e. The van der Waals surface area contributed by atoms with Crippen LogP contribution >= 0.6 is 0 Å². The number of fused-ring (bicyclic) bond motifs is 3. The number of aromatic amines is 1. The van der Waals surface area contributed by atoms with Crippen LogP contribution in [-0.4, -0.2) is 33.5 Å². The van der Waals surface area contributed by atoms with Crippen LogP contribution in [0.15, 0.2) is 42.5 Å². The van der Waals surface area contributed by atoms with Crippen molar-refractivity contribution in [1.82, 2.24) is 9.88 Å². The van der Waals surface area contributed by atoms with Gasteiger partial charge in [0.15, 0.2) is 0 Å². The van der Waals surface area contributed by atoms with Gasteiger partial charge in [-0.1, -0.05) is 25.1 Å². The monoisotopic (exact) mass is 436 g/mol.